The fourth-order valence-electron chi connectivity index (χ4n) is 2.99. The van der Waals surface area contributed by atoms with Gasteiger partial charge in [-0.25, -0.2) is 22.3 Å². The molecule has 1 atom stereocenters. The van der Waals surface area contributed by atoms with Gasteiger partial charge in [0, 0.05) is 16.7 Å². The maximum Gasteiger partial charge on any atom is 0.573 e. The molecule has 15 heteroatoms. The van der Waals surface area contributed by atoms with Crippen LogP contribution >= 0.6 is 0 Å². The van der Waals surface area contributed by atoms with E-state index >= 15 is 0 Å². The molecule has 3 rings (SSSR count). The van der Waals surface area contributed by atoms with Crippen LogP contribution in [-0.4, -0.2) is 45.8 Å². The number of benzene rings is 2. The normalized spacial score (nSPS) is 14.2. The van der Waals surface area contributed by atoms with Gasteiger partial charge in [-0.05, 0) is 48.5 Å². The number of alkyl halides is 3. The van der Waals surface area contributed by atoms with E-state index in [-0.39, 0.29) is 17.0 Å². The van der Waals surface area contributed by atoms with Gasteiger partial charge in [-0.15, -0.1) is 23.4 Å². The van der Waals surface area contributed by atoms with Crippen molar-refractivity contribution in [2.45, 2.75) is 25.4 Å². The highest BCUT2D eigenvalue weighted by molar-refractivity contribution is 7.89. The van der Waals surface area contributed by atoms with Crippen LogP contribution in [0, 0.1) is 11.6 Å². The van der Waals surface area contributed by atoms with Crippen LogP contribution in [-0.2, 0) is 22.2 Å². The summed E-state index contributed by atoms with van der Waals surface area (Å²) in [5.41, 5.74) is -2.67. The highest BCUT2D eigenvalue weighted by Gasteiger charge is 2.32. The molecule has 3 N–H and O–H groups in total. The van der Waals surface area contributed by atoms with Gasteiger partial charge in [0.25, 0.3) is 0 Å². The van der Waals surface area contributed by atoms with Gasteiger partial charge in [-0.1, -0.05) is 0 Å². The van der Waals surface area contributed by atoms with Crippen molar-refractivity contribution < 1.29 is 40.2 Å². The van der Waals surface area contributed by atoms with E-state index in [2.05, 4.69) is 20.1 Å². The van der Waals surface area contributed by atoms with Gasteiger partial charge >= 0.3 is 6.36 Å². The van der Waals surface area contributed by atoms with Crippen molar-refractivity contribution in [1.82, 2.24) is 20.2 Å². The van der Waals surface area contributed by atoms with E-state index < -0.39 is 57.2 Å². The van der Waals surface area contributed by atoms with Crippen molar-refractivity contribution in [2.75, 3.05) is 5.75 Å². The average Bonchev–Trinajstić information content (AvgIpc) is 3.10. The lowest BCUT2D eigenvalue weighted by molar-refractivity contribution is -0.274. The zero-order chi connectivity index (χ0) is 24.6. The number of rotatable bonds is 7. The Morgan fingerprint density at radius 2 is 1.79 bits per heavy atom. The Morgan fingerprint density at radius 3 is 2.42 bits per heavy atom. The highest BCUT2D eigenvalue weighted by Crippen LogP contribution is 2.29. The van der Waals surface area contributed by atoms with Crippen LogP contribution in [0.4, 0.5) is 22.0 Å². The molecular formula is C18H16F5N5O4S. The minimum atomic E-state index is -4.96. The monoisotopic (exact) mass is 493 g/mol. The van der Waals surface area contributed by atoms with Crippen molar-refractivity contribution in [1.29, 1.82) is 0 Å². The van der Waals surface area contributed by atoms with E-state index in [1.807, 2.05) is 0 Å². The van der Waals surface area contributed by atoms with Crippen molar-refractivity contribution in [3.8, 4) is 17.1 Å². The van der Waals surface area contributed by atoms with E-state index in [1.54, 1.807) is 0 Å². The van der Waals surface area contributed by atoms with Gasteiger partial charge in [0.15, 0.2) is 0 Å². The van der Waals surface area contributed by atoms with E-state index in [9.17, 15) is 35.5 Å². The summed E-state index contributed by atoms with van der Waals surface area (Å²) in [6.45, 7) is 0.647. The summed E-state index contributed by atoms with van der Waals surface area (Å²) in [7, 11) is -4.15. The Hall–Kier alpha value is -3.17. The van der Waals surface area contributed by atoms with Crippen LogP contribution in [0.5, 0.6) is 5.75 Å². The number of primary sulfonamides is 1. The summed E-state index contributed by atoms with van der Waals surface area (Å²) in [4.78, 5) is 0.872. The first-order valence-corrected chi connectivity index (χ1v) is 10.7. The maximum atomic E-state index is 14.3. The number of aromatic nitrogens is 4. The molecule has 1 heterocycles. The summed E-state index contributed by atoms with van der Waals surface area (Å²) < 4.78 is 91.9. The summed E-state index contributed by atoms with van der Waals surface area (Å²) >= 11 is 0. The van der Waals surface area contributed by atoms with E-state index in [1.165, 1.54) is 6.07 Å². The molecule has 0 saturated heterocycles. The first-order valence-electron chi connectivity index (χ1n) is 8.98. The quantitative estimate of drug-likeness (QED) is 0.482. The van der Waals surface area contributed by atoms with Crippen LogP contribution in [0.3, 0.4) is 0 Å². The summed E-state index contributed by atoms with van der Waals surface area (Å²) in [5.74, 6) is -3.46. The molecule has 33 heavy (non-hydrogen) atoms. The van der Waals surface area contributed by atoms with E-state index in [0.29, 0.717) is 0 Å². The topological polar surface area (TPSA) is 133 Å². The molecule has 0 aliphatic carbocycles. The van der Waals surface area contributed by atoms with Crippen LogP contribution < -0.4 is 9.88 Å². The number of nitrogens with two attached hydrogens (primary N) is 1. The van der Waals surface area contributed by atoms with Crippen LogP contribution in [0.15, 0.2) is 36.4 Å². The molecule has 0 unspecified atom stereocenters. The second-order valence-corrected chi connectivity index (χ2v) is 8.83. The molecule has 2 aromatic carbocycles. The Morgan fingerprint density at radius 1 is 1.12 bits per heavy atom. The number of ether oxygens (including phenoxy) is 1. The Balaban J connectivity index is 1.88. The smallest absolute Gasteiger partial charge is 0.406 e. The van der Waals surface area contributed by atoms with Gasteiger partial charge < -0.3 is 9.84 Å². The van der Waals surface area contributed by atoms with Crippen molar-refractivity contribution >= 4 is 10.0 Å². The van der Waals surface area contributed by atoms with E-state index in [0.717, 1.165) is 42.1 Å². The largest absolute Gasteiger partial charge is 0.573 e. The van der Waals surface area contributed by atoms with Crippen molar-refractivity contribution in [3.05, 3.63) is 59.2 Å². The molecule has 0 fully saturated rings. The molecule has 0 saturated carbocycles. The number of sulfonamides is 1. The standard InChI is InChI=1S/C18H16F5N5O4S/c1-17(29,9-33(24,30)31)13-7-10(2-4-15(13)20)16-25-27-28(26-16)8-11-6-12(3-5-14(11)19)32-18(21,22)23/h2-7,29H,8-9H2,1H3,(H2,24,30,31)/t17-/m0/s1. The first-order chi connectivity index (χ1) is 15.1. The molecule has 0 aliphatic rings. The van der Waals surface area contributed by atoms with Gasteiger partial charge in [-0.2, -0.15) is 4.80 Å². The number of nitrogens with zero attached hydrogens (tertiary/aromatic N) is 4. The lowest BCUT2D eigenvalue weighted by atomic mass is 9.95. The maximum absolute atomic E-state index is 14.3. The fourth-order valence-corrected chi connectivity index (χ4v) is 3.93. The molecule has 3 aromatic rings. The third-order valence-corrected chi connectivity index (χ3v) is 5.27. The predicted octanol–water partition coefficient (Wildman–Crippen LogP) is 2.06. The van der Waals surface area contributed by atoms with Crippen molar-refractivity contribution in [3.63, 3.8) is 0 Å². The Kier molecular flexibility index (Phi) is 6.41. The second kappa shape index (κ2) is 8.64. The number of hydrogen-bond acceptors (Lipinski definition) is 7. The van der Waals surface area contributed by atoms with Crippen LogP contribution in [0.1, 0.15) is 18.1 Å². The van der Waals surface area contributed by atoms with Gasteiger partial charge in [0.1, 0.15) is 23.0 Å². The summed E-state index contributed by atoms with van der Waals surface area (Å²) in [5, 5.41) is 26.7. The number of aliphatic hydroxyl groups is 1. The third-order valence-electron chi connectivity index (χ3n) is 4.30. The Bertz CT molecular complexity index is 1280. The molecule has 0 bridgehead atoms. The van der Waals surface area contributed by atoms with E-state index in [4.69, 9.17) is 5.14 Å². The lowest BCUT2D eigenvalue weighted by Crippen LogP contribution is -2.35. The predicted molar refractivity (Wildman–Crippen MR) is 103 cm³/mol. The zero-order valence-corrected chi connectivity index (χ0v) is 17.5. The van der Waals surface area contributed by atoms with Crippen LogP contribution in [0.25, 0.3) is 11.4 Å². The first kappa shape index (κ1) is 24.5. The van der Waals surface area contributed by atoms with Gasteiger partial charge in [0.05, 0.1) is 12.3 Å². The average molecular weight is 493 g/mol. The summed E-state index contributed by atoms with van der Waals surface area (Å²) in [6.07, 6.45) is -4.96. The molecular weight excluding hydrogens is 477 g/mol. The van der Waals surface area contributed by atoms with Crippen molar-refractivity contribution in [2.24, 2.45) is 5.14 Å². The van der Waals surface area contributed by atoms with Gasteiger partial charge in [-0.3, -0.25) is 0 Å². The minimum Gasteiger partial charge on any atom is -0.406 e. The number of hydrogen-bond donors (Lipinski definition) is 2. The highest BCUT2D eigenvalue weighted by atomic mass is 32.2. The molecule has 1 aromatic heterocycles. The lowest BCUT2D eigenvalue weighted by Gasteiger charge is -2.23. The SMILES string of the molecule is C[C@](O)(CS(N)(=O)=O)c1cc(-c2nnn(Cc3cc(OC(F)(F)F)ccc3F)n2)ccc1F. The molecule has 0 amide bonds. The minimum absolute atomic E-state index is 0.106. The zero-order valence-electron chi connectivity index (χ0n) is 16.7. The molecule has 0 radical (unpaired) electrons. The molecule has 0 spiro atoms. The Labute approximate surface area is 183 Å². The molecule has 9 nitrogen and oxygen atoms in total. The molecule has 0 aliphatic heterocycles. The fraction of sp³-hybridized carbons (Fsp3) is 0.278. The third kappa shape index (κ3) is 6.43. The number of tetrazole rings is 1. The second-order valence-electron chi connectivity index (χ2n) is 7.22. The van der Waals surface area contributed by atoms with Crippen LogP contribution in [0.2, 0.25) is 0 Å². The number of halogens is 5. The molecule has 178 valence electrons. The summed E-state index contributed by atoms with van der Waals surface area (Å²) in [6, 6.07) is 5.69. The van der Waals surface area contributed by atoms with Gasteiger partial charge in [0.2, 0.25) is 15.8 Å².